The molecule has 1 aromatic heterocycles. The maximum atomic E-state index is 10.2. The van der Waals surface area contributed by atoms with Gasteiger partial charge in [0.15, 0.2) is 0 Å². The SMILES string of the molecule is CC(C)(CO)CO.O=C(O)c1ccc(C(=O)O)o1. The van der Waals surface area contributed by atoms with Crippen LogP contribution < -0.4 is 0 Å². The molecule has 1 rings (SSSR count). The van der Waals surface area contributed by atoms with E-state index in [4.69, 9.17) is 20.4 Å². The second kappa shape index (κ2) is 6.77. The maximum absolute atomic E-state index is 10.2. The van der Waals surface area contributed by atoms with E-state index in [2.05, 4.69) is 4.42 Å². The summed E-state index contributed by atoms with van der Waals surface area (Å²) in [5.74, 6) is -3.31. The lowest BCUT2D eigenvalue weighted by Gasteiger charge is -2.16. The molecule has 0 atom stereocenters. The first kappa shape index (κ1) is 16.1. The average Bonchev–Trinajstić information content (AvgIpc) is 2.79. The Balaban J connectivity index is 0.000000360. The van der Waals surface area contributed by atoms with Crippen LogP contribution in [0.4, 0.5) is 0 Å². The van der Waals surface area contributed by atoms with Crippen LogP contribution in [0, 0.1) is 5.41 Å². The molecule has 0 aliphatic carbocycles. The fourth-order valence-electron chi connectivity index (χ4n) is 0.618. The minimum absolute atomic E-state index is 0.0451. The molecular weight excluding hydrogens is 244 g/mol. The molecule has 4 N–H and O–H groups in total. The lowest BCUT2D eigenvalue weighted by molar-refractivity contribution is 0.0631. The van der Waals surface area contributed by atoms with Gasteiger partial charge in [0.1, 0.15) is 0 Å². The first-order valence-electron chi connectivity index (χ1n) is 5.01. The van der Waals surface area contributed by atoms with Crippen molar-refractivity contribution < 1.29 is 34.4 Å². The second-order valence-electron chi connectivity index (χ2n) is 4.25. The topological polar surface area (TPSA) is 128 Å². The van der Waals surface area contributed by atoms with Crippen LogP contribution in [0.1, 0.15) is 35.0 Å². The molecule has 7 nitrogen and oxygen atoms in total. The first-order valence-corrected chi connectivity index (χ1v) is 5.01. The van der Waals surface area contributed by atoms with Crippen LogP contribution in [0.3, 0.4) is 0 Å². The average molecular weight is 260 g/mol. The third-order valence-electron chi connectivity index (χ3n) is 1.88. The van der Waals surface area contributed by atoms with Gasteiger partial charge in [-0.15, -0.1) is 0 Å². The molecule has 102 valence electrons. The Kier molecular flexibility index (Phi) is 6.07. The van der Waals surface area contributed by atoms with E-state index < -0.39 is 11.9 Å². The molecular formula is C11H16O7. The van der Waals surface area contributed by atoms with Crippen LogP contribution in [-0.2, 0) is 0 Å². The van der Waals surface area contributed by atoms with Gasteiger partial charge >= 0.3 is 11.9 Å². The molecule has 0 bridgehead atoms. The molecule has 0 aromatic carbocycles. The first-order chi connectivity index (χ1) is 8.23. The van der Waals surface area contributed by atoms with E-state index in [0.29, 0.717) is 0 Å². The largest absolute Gasteiger partial charge is 0.475 e. The van der Waals surface area contributed by atoms with Gasteiger partial charge < -0.3 is 24.8 Å². The van der Waals surface area contributed by atoms with Gasteiger partial charge in [-0.3, -0.25) is 0 Å². The summed E-state index contributed by atoms with van der Waals surface area (Å²) >= 11 is 0. The Morgan fingerprint density at radius 1 is 1.06 bits per heavy atom. The molecule has 0 spiro atoms. The Bertz CT molecular complexity index is 371. The quantitative estimate of drug-likeness (QED) is 0.626. The fourth-order valence-corrected chi connectivity index (χ4v) is 0.618. The van der Waals surface area contributed by atoms with Crippen LogP contribution in [0.15, 0.2) is 16.5 Å². The maximum Gasteiger partial charge on any atom is 0.371 e. The molecule has 0 aliphatic heterocycles. The number of carboxylic acids is 2. The zero-order valence-corrected chi connectivity index (χ0v) is 10.1. The number of hydrogen-bond donors (Lipinski definition) is 4. The van der Waals surface area contributed by atoms with Crippen LogP contribution in [0.2, 0.25) is 0 Å². The highest BCUT2D eigenvalue weighted by Crippen LogP contribution is 2.10. The van der Waals surface area contributed by atoms with Gasteiger partial charge in [-0.2, -0.15) is 0 Å². The monoisotopic (exact) mass is 260 g/mol. The van der Waals surface area contributed by atoms with E-state index in [1.54, 1.807) is 13.8 Å². The van der Waals surface area contributed by atoms with E-state index in [9.17, 15) is 9.59 Å². The fraction of sp³-hybridized carbons (Fsp3) is 0.455. The molecule has 1 heterocycles. The predicted molar refractivity (Wildman–Crippen MR) is 60.6 cm³/mol. The van der Waals surface area contributed by atoms with Gasteiger partial charge in [-0.1, -0.05) is 13.8 Å². The van der Waals surface area contributed by atoms with Crippen molar-refractivity contribution in [3.05, 3.63) is 23.7 Å². The van der Waals surface area contributed by atoms with Gasteiger partial charge in [0.25, 0.3) is 0 Å². The summed E-state index contributed by atoms with van der Waals surface area (Å²) in [5.41, 5.74) is -0.306. The number of aromatic carboxylic acids is 2. The van der Waals surface area contributed by atoms with Crippen molar-refractivity contribution in [3.8, 4) is 0 Å². The lowest BCUT2D eigenvalue weighted by atomic mass is 9.97. The van der Waals surface area contributed by atoms with Crippen LogP contribution in [-0.4, -0.2) is 45.6 Å². The number of rotatable bonds is 4. The van der Waals surface area contributed by atoms with Gasteiger partial charge in [0.05, 0.1) is 13.2 Å². The summed E-state index contributed by atoms with van der Waals surface area (Å²) in [6.45, 7) is 3.69. The minimum Gasteiger partial charge on any atom is -0.475 e. The van der Waals surface area contributed by atoms with Crippen molar-refractivity contribution in [2.45, 2.75) is 13.8 Å². The minimum atomic E-state index is -1.28. The molecule has 7 heteroatoms. The highest BCUT2D eigenvalue weighted by atomic mass is 16.4. The van der Waals surface area contributed by atoms with E-state index in [1.165, 1.54) is 0 Å². The molecule has 18 heavy (non-hydrogen) atoms. The third kappa shape index (κ3) is 5.46. The van der Waals surface area contributed by atoms with Crippen molar-refractivity contribution in [2.75, 3.05) is 13.2 Å². The molecule has 0 aliphatic rings. The molecule has 0 fully saturated rings. The smallest absolute Gasteiger partial charge is 0.371 e. The van der Waals surface area contributed by atoms with E-state index in [0.717, 1.165) is 12.1 Å². The standard InChI is InChI=1S/C6H4O5.C5H12O2/c7-5(8)3-1-2-4(11-3)6(9)10;1-5(2,3-6)4-7/h1-2H,(H,7,8)(H,9,10);6-7H,3-4H2,1-2H3. The summed E-state index contributed by atoms with van der Waals surface area (Å²) in [5, 5.41) is 33.5. The Morgan fingerprint density at radius 3 is 1.50 bits per heavy atom. The number of furan rings is 1. The Hall–Kier alpha value is -1.86. The summed E-state index contributed by atoms with van der Waals surface area (Å²) in [6.07, 6.45) is 0. The number of aliphatic hydroxyl groups is 2. The van der Waals surface area contributed by atoms with Gasteiger partial charge in [0, 0.05) is 5.41 Å². The van der Waals surface area contributed by atoms with Crippen LogP contribution >= 0.6 is 0 Å². The predicted octanol–water partition coefficient (Wildman–Crippen LogP) is 0.673. The van der Waals surface area contributed by atoms with E-state index in [-0.39, 0.29) is 30.1 Å². The molecule has 0 radical (unpaired) electrons. The van der Waals surface area contributed by atoms with Crippen molar-refractivity contribution in [1.29, 1.82) is 0 Å². The number of carboxylic acid groups (broad SMARTS) is 2. The van der Waals surface area contributed by atoms with E-state index >= 15 is 0 Å². The Morgan fingerprint density at radius 2 is 1.39 bits per heavy atom. The number of aliphatic hydroxyl groups excluding tert-OH is 2. The molecule has 0 saturated heterocycles. The third-order valence-corrected chi connectivity index (χ3v) is 1.88. The molecule has 1 aromatic rings. The normalized spacial score (nSPS) is 10.4. The lowest BCUT2D eigenvalue weighted by Crippen LogP contribution is -2.20. The van der Waals surface area contributed by atoms with Crippen molar-refractivity contribution in [1.82, 2.24) is 0 Å². The second-order valence-corrected chi connectivity index (χ2v) is 4.25. The molecule has 0 unspecified atom stereocenters. The van der Waals surface area contributed by atoms with Crippen molar-refractivity contribution in [2.24, 2.45) is 5.41 Å². The van der Waals surface area contributed by atoms with E-state index in [1.807, 2.05) is 0 Å². The summed E-state index contributed by atoms with van der Waals surface area (Å²) in [6, 6.07) is 2.18. The number of hydrogen-bond acceptors (Lipinski definition) is 5. The highest BCUT2D eigenvalue weighted by molar-refractivity contribution is 5.88. The van der Waals surface area contributed by atoms with Gasteiger partial charge in [-0.25, -0.2) is 9.59 Å². The Labute approximate surface area is 103 Å². The van der Waals surface area contributed by atoms with Crippen molar-refractivity contribution >= 4 is 11.9 Å². The van der Waals surface area contributed by atoms with Gasteiger partial charge in [0.2, 0.25) is 11.5 Å². The van der Waals surface area contributed by atoms with Crippen LogP contribution in [0.5, 0.6) is 0 Å². The molecule has 0 saturated carbocycles. The van der Waals surface area contributed by atoms with Crippen molar-refractivity contribution in [3.63, 3.8) is 0 Å². The zero-order valence-electron chi connectivity index (χ0n) is 10.1. The molecule has 0 amide bonds. The summed E-state index contributed by atoms with van der Waals surface area (Å²) in [7, 11) is 0. The highest BCUT2D eigenvalue weighted by Gasteiger charge is 2.13. The number of carbonyl (C=O) groups is 2. The summed E-state index contributed by atoms with van der Waals surface area (Å²) in [4.78, 5) is 20.3. The van der Waals surface area contributed by atoms with Crippen LogP contribution in [0.25, 0.3) is 0 Å². The van der Waals surface area contributed by atoms with Gasteiger partial charge in [-0.05, 0) is 12.1 Å². The summed E-state index contributed by atoms with van der Waals surface area (Å²) < 4.78 is 4.41. The zero-order chi connectivity index (χ0) is 14.3.